The van der Waals surface area contributed by atoms with Crippen molar-refractivity contribution in [1.82, 2.24) is 4.98 Å². The number of carboxylic acids is 1. The maximum Gasteiger partial charge on any atom is 0.366 e. The third-order valence-electron chi connectivity index (χ3n) is 1.47. The molecule has 7 heteroatoms. The number of nitrogens with two attached hydrogens (primary N) is 2. The Morgan fingerprint density at radius 3 is 2.64 bits per heavy atom. The number of H-pyrrole nitrogens is 1. The molecule has 1 heterocycles. The topological polar surface area (TPSA) is 139 Å². The van der Waals surface area contributed by atoms with Crippen LogP contribution in [0.15, 0.2) is 12.3 Å². The molecule has 1 rings (SSSR count). The summed E-state index contributed by atoms with van der Waals surface area (Å²) in [5.74, 6) is -2.31. The zero-order chi connectivity index (χ0) is 10.7. The molecule has 74 valence electrons. The molecule has 0 unspecified atom stereocenters. The highest BCUT2D eigenvalue weighted by Crippen LogP contribution is 2.00. The normalized spacial score (nSPS) is 9.71. The Hall–Kier alpha value is -2.15. The third-order valence-corrected chi connectivity index (χ3v) is 1.47. The van der Waals surface area contributed by atoms with Crippen molar-refractivity contribution < 1.29 is 20.0 Å². The molecule has 0 aliphatic carbocycles. The Morgan fingerprint density at radius 1 is 1.57 bits per heavy atom. The number of aromatic amines is 1. The number of hydrogen-bond donors (Lipinski definition) is 4. The van der Waals surface area contributed by atoms with Crippen molar-refractivity contribution >= 4 is 17.8 Å². The van der Waals surface area contributed by atoms with E-state index in [0.717, 1.165) is 17.6 Å². The van der Waals surface area contributed by atoms with Gasteiger partial charge in [0.2, 0.25) is 0 Å². The Morgan fingerprint density at radius 2 is 2.21 bits per heavy atom. The number of carbonyl (C=O) groups excluding carboxylic acids is 2. The van der Waals surface area contributed by atoms with Crippen molar-refractivity contribution in [2.45, 2.75) is 0 Å². The van der Waals surface area contributed by atoms with Gasteiger partial charge in [-0.2, -0.15) is 0 Å². The molecule has 0 aliphatic rings. The van der Waals surface area contributed by atoms with Gasteiger partial charge in [-0.15, -0.1) is 0 Å². The van der Waals surface area contributed by atoms with E-state index in [2.05, 4.69) is 4.98 Å². The van der Waals surface area contributed by atoms with Crippen LogP contribution in [0.2, 0.25) is 0 Å². The van der Waals surface area contributed by atoms with E-state index in [9.17, 15) is 14.7 Å². The van der Waals surface area contributed by atoms with Crippen LogP contribution in [0, 0.1) is 5.41 Å². The fourth-order valence-electron chi connectivity index (χ4n) is 0.873. The van der Waals surface area contributed by atoms with Gasteiger partial charge in [0.25, 0.3) is 5.96 Å². The predicted molar refractivity (Wildman–Crippen MR) is 43.3 cm³/mol. The van der Waals surface area contributed by atoms with Crippen molar-refractivity contribution in [3.05, 3.63) is 23.5 Å². The first kappa shape index (κ1) is 9.93. The molecule has 0 saturated heterocycles. The third kappa shape index (κ3) is 2.17. The molecule has 7 nitrogen and oxygen atoms in total. The van der Waals surface area contributed by atoms with E-state index in [1.54, 1.807) is 0 Å². The minimum atomic E-state index is -1.37. The summed E-state index contributed by atoms with van der Waals surface area (Å²) in [6.07, 6.45) is 1.14. The van der Waals surface area contributed by atoms with Gasteiger partial charge in [0.05, 0.1) is 5.97 Å². The van der Waals surface area contributed by atoms with Crippen LogP contribution in [0.5, 0.6) is 0 Å². The van der Waals surface area contributed by atoms with E-state index in [-0.39, 0.29) is 17.2 Å². The van der Waals surface area contributed by atoms with Crippen molar-refractivity contribution in [1.29, 1.82) is 5.41 Å². The molecule has 0 aliphatic heterocycles. The Bertz CT molecular complexity index is 395. The lowest BCUT2D eigenvalue weighted by Crippen LogP contribution is -2.93. The highest BCUT2D eigenvalue weighted by atomic mass is 16.4. The number of quaternary nitrogens is 1. The van der Waals surface area contributed by atoms with E-state index >= 15 is 0 Å². The maximum absolute atomic E-state index is 11.2. The van der Waals surface area contributed by atoms with Gasteiger partial charge < -0.3 is 20.6 Å². The number of amides is 1. The summed E-state index contributed by atoms with van der Waals surface area (Å²) in [7, 11) is 0. The Kier molecular flexibility index (Phi) is 2.63. The van der Waals surface area contributed by atoms with Crippen LogP contribution in [0.3, 0.4) is 0 Å². The van der Waals surface area contributed by atoms with Gasteiger partial charge >= 0.3 is 5.91 Å². The molecule has 0 saturated carbocycles. The fraction of sp³-hybridized carbons (Fsp3) is 0. The second kappa shape index (κ2) is 3.71. The number of primary amides is 1. The molecule has 0 aromatic carbocycles. The van der Waals surface area contributed by atoms with Crippen molar-refractivity contribution in [2.75, 3.05) is 0 Å². The van der Waals surface area contributed by atoms with E-state index in [0.29, 0.717) is 0 Å². The SMILES string of the molecule is N=C(N)[NH2+]C(=O)c1cc(C(=O)[O-])c[nH]1. The maximum atomic E-state index is 11.2. The molecule has 6 N–H and O–H groups in total. The number of aromatic nitrogens is 1. The highest BCUT2D eigenvalue weighted by molar-refractivity contribution is 5.94. The molecule has 0 atom stereocenters. The summed E-state index contributed by atoms with van der Waals surface area (Å²) in [6.45, 7) is 0. The van der Waals surface area contributed by atoms with Gasteiger partial charge in [-0.3, -0.25) is 0 Å². The summed E-state index contributed by atoms with van der Waals surface area (Å²) in [5.41, 5.74) is 4.90. The van der Waals surface area contributed by atoms with Crippen molar-refractivity contribution in [3.8, 4) is 0 Å². The monoisotopic (exact) mass is 196 g/mol. The molecule has 0 bridgehead atoms. The summed E-state index contributed by atoms with van der Waals surface area (Å²) in [5, 5.41) is 18.0. The van der Waals surface area contributed by atoms with E-state index in [1.165, 1.54) is 0 Å². The average molecular weight is 196 g/mol. The smallest absolute Gasteiger partial charge is 0.366 e. The van der Waals surface area contributed by atoms with Crippen LogP contribution in [0.25, 0.3) is 0 Å². The minimum absolute atomic E-state index is 0.0550. The van der Waals surface area contributed by atoms with Crippen molar-refractivity contribution in [2.24, 2.45) is 5.73 Å². The Balaban J connectivity index is 2.81. The van der Waals surface area contributed by atoms with E-state index in [4.69, 9.17) is 11.1 Å². The lowest BCUT2D eigenvalue weighted by molar-refractivity contribution is -0.433. The second-order valence-corrected chi connectivity index (χ2v) is 2.55. The number of rotatable bonds is 2. The molecular formula is C7H8N4O3. The molecule has 1 aromatic rings. The first-order chi connectivity index (χ1) is 6.50. The highest BCUT2D eigenvalue weighted by Gasteiger charge is 2.13. The van der Waals surface area contributed by atoms with E-state index < -0.39 is 11.9 Å². The largest absolute Gasteiger partial charge is 0.545 e. The minimum Gasteiger partial charge on any atom is -0.545 e. The van der Waals surface area contributed by atoms with Gasteiger partial charge in [-0.05, 0) is 6.07 Å². The molecule has 0 radical (unpaired) electrons. The van der Waals surface area contributed by atoms with Crippen LogP contribution >= 0.6 is 0 Å². The average Bonchev–Trinajstić information content (AvgIpc) is 2.50. The molecule has 0 fully saturated rings. The zero-order valence-corrected chi connectivity index (χ0v) is 7.03. The van der Waals surface area contributed by atoms with Crippen LogP contribution in [-0.4, -0.2) is 22.8 Å². The number of carboxylic acid groups (broad SMARTS) is 1. The summed E-state index contributed by atoms with van der Waals surface area (Å²) in [4.78, 5) is 23.9. The van der Waals surface area contributed by atoms with Gasteiger partial charge in [0.15, 0.2) is 0 Å². The number of hydrogen-bond acceptors (Lipinski definition) is 4. The zero-order valence-electron chi connectivity index (χ0n) is 7.03. The molecule has 14 heavy (non-hydrogen) atoms. The number of guanidine groups is 1. The lowest BCUT2D eigenvalue weighted by Gasteiger charge is -1.93. The summed E-state index contributed by atoms with van der Waals surface area (Å²) < 4.78 is 0. The molecular weight excluding hydrogens is 188 g/mol. The first-order valence-corrected chi connectivity index (χ1v) is 3.63. The van der Waals surface area contributed by atoms with Gasteiger partial charge in [0, 0.05) is 11.8 Å². The molecule has 1 amide bonds. The molecule has 0 spiro atoms. The quantitative estimate of drug-likeness (QED) is 0.295. The van der Waals surface area contributed by atoms with Crippen LogP contribution in [0.1, 0.15) is 20.8 Å². The summed E-state index contributed by atoms with van der Waals surface area (Å²) in [6, 6.07) is 1.12. The lowest BCUT2D eigenvalue weighted by atomic mass is 10.3. The number of carbonyl (C=O) groups is 2. The second-order valence-electron chi connectivity index (χ2n) is 2.55. The van der Waals surface area contributed by atoms with Gasteiger partial charge in [-0.25, -0.2) is 15.5 Å². The first-order valence-electron chi connectivity index (χ1n) is 3.63. The van der Waals surface area contributed by atoms with E-state index in [1.807, 2.05) is 0 Å². The van der Waals surface area contributed by atoms with Crippen LogP contribution in [0.4, 0.5) is 0 Å². The standard InChI is InChI=1S/C7H8N4O3/c8-7(9)11-5(12)4-1-3(2-10-4)6(13)14/h1-2,10H,(H,13,14)(H4,8,9,11,12). The van der Waals surface area contributed by atoms with Crippen molar-refractivity contribution in [3.63, 3.8) is 0 Å². The van der Waals surface area contributed by atoms with Gasteiger partial charge in [0.1, 0.15) is 5.69 Å². The van der Waals surface area contributed by atoms with Crippen LogP contribution in [-0.2, 0) is 0 Å². The fourth-order valence-corrected chi connectivity index (χ4v) is 0.873. The summed E-state index contributed by atoms with van der Waals surface area (Å²) >= 11 is 0. The predicted octanol–water partition coefficient (Wildman–Crippen LogP) is -3.02. The Labute approximate surface area is 78.4 Å². The number of nitrogens with one attached hydrogen (secondary N) is 2. The number of aromatic carboxylic acids is 1. The molecule has 1 aromatic heterocycles. The van der Waals surface area contributed by atoms with Gasteiger partial charge in [-0.1, -0.05) is 0 Å². The van der Waals surface area contributed by atoms with Crippen LogP contribution < -0.4 is 16.2 Å².